The summed E-state index contributed by atoms with van der Waals surface area (Å²) < 4.78 is 0. The number of imidazole rings is 1. The Morgan fingerprint density at radius 2 is 2.38 bits per heavy atom. The fourth-order valence-electron chi connectivity index (χ4n) is 2.19. The predicted octanol–water partition coefficient (Wildman–Crippen LogP) is 0.781. The Bertz CT molecular complexity index is 519. The number of anilines is 2. The quantitative estimate of drug-likeness (QED) is 0.739. The number of hydrogen-bond donors (Lipinski definition) is 2. The molecule has 1 aliphatic heterocycles. The molecular formula is C10H14N6. The molecule has 2 aromatic rings. The first-order valence-corrected chi connectivity index (χ1v) is 5.45. The van der Waals surface area contributed by atoms with Gasteiger partial charge in [0, 0.05) is 13.1 Å². The van der Waals surface area contributed by atoms with Gasteiger partial charge >= 0.3 is 0 Å². The second-order valence-electron chi connectivity index (χ2n) is 4.35. The second kappa shape index (κ2) is 3.33. The van der Waals surface area contributed by atoms with Crippen LogP contribution >= 0.6 is 0 Å². The van der Waals surface area contributed by atoms with E-state index in [1.165, 1.54) is 6.42 Å². The Balaban J connectivity index is 2.11. The van der Waals surface area contributed by atoms with Gasteiger partial charge in [0.05, 0.1) is 6.33 Å². The molecule has 1 aliphatic rings. The Morgan fingerprint density at radius 1 is 1.50 bits per heavy atom. The zero-order valence-electron chi connectivity index (χ0n) is 9.14. The van der Waals surface area contributed by atoms with Gasteiger partial charge in [0.1, 0.15) is 5.52 Å². The van der Waals surface area contributed by atoms with Crippen molar-refractivity contribution in [1.82, 2.24) is 19.9 Å². The van der Waals surface area contributed by atoms with Crippen molar-refractivity contribution in [2.45, 2.75) is 13.3 Å². The monoisotopic (exact) mass is 218 g/mol. The third-order valence-electron chi connectivity index (χ3n) is 3.01. The average molecular weight is 218 g/mol. The summed E-state index contributed by atoms with van der Waals surface area (Å²) in [5.41, 5.74) is 7.20. The maximum Gasteiger partial charge on any atom is 0.224 e. The number of fused-ring (bicyclic) bond motifs is 1. The molecule has 0 amide bonds. The van der Waals surface area contributed by atoms with E-state index < -0.39 is 0 Å². The van der Waals surface area contributed by atoms with Crippen LogP contribution in [0.4, 0.5) is 11.8 Å². The van der Waals surface area contributed by atoms with E-state index >= 15 is 0 Å². The van der Waals surface area contributed by atoms with Crippen LogP contribution < -0.4 is 10.6 Å². The Labute approximate surface area is 92.9 Å². The van der Waals surface area contributed by atoms with Crippen LogP contribution in [0.3, 0.4) is 0 Å². The molecule has 0 spiro atoms. The smallest absolute Gasteiger partial charge is 0.224 e. The average Bonchev–Trinajstić information content (AvgIpc) is 2.84. The van der Waals surface area contributed by atoms with Gasteiger partial charge in [-0.15, -0.1) is 0 Å². The molecule has 84 valence electrons. The van der Waals surface area contributed by atoms with Crippen molar-refractivity contribution in [1.29, 1.82) is 0 Å². The molecule has 3 N–H and O–H groups in total. The Morgan fingerprint density at radius 3 is 3.12 bits per heavy atom. The molecule has 0 aliphatic carbocycles. The van der Waals surface area contributed by atoms with Crippen LogP contribution in [0.2, 0.25) is 0 Å². The maximum atomic E-state index is 5.68. The summed E-state index contributed by atoms with van der Waals surface area (Å²) >= 11 is 0. The molecule has 0 aromatic carbocycles. The van der Waals surface area contributed by atoms with E-state index in [2.05, 4.69) is 31.8 Å². The molecule has 6 heteroatoms. The van der Waals surface area contributed by atoms with Crippen molar-refractivity contribution in [3.05, 3.63) is 6.33 Å². The normalized spacial score (nSPS) is 20.8. The fraction of sp³-hybridized carbons (Fsp3) is 0.500. The van der Waals surface area contributed by atoms with Gasteiger partial charge in [-0.05, 0) is 12.3 Å². The minimum atomic E-state index is 0.286. The number of aromatic nitrogens is 4. The van der Waals surface area contributed by atoms with Crippen LogP contribution in [-0.2, 0) is 0 Å². The summed E-state index contributed by atoms with van der Waals surface area (Å²) in [4.78, 5) is 17.8. The van der Waals surface area contributed by atoms with Gasteiger partial charge in [-0.2, -0.15) is 9.97 Å². The van der Waals surface area contributed by atoms with Crippen molar-refractivity contribution in [2.75, 3.05) is 23.7 Å². The SMILES string of the molecule is CC1CCN(c2nc(N)nc3nc[nH]c23)C1. The summed E-state index contributed by atoms with van der Waals surface area (Å²) in [6, 6.07) is 0. The molecule has 1 atom stereocenters. The summed E-state index contributed by atoms with van der Waals surface area (Å²) in [5.74, 6) is 1.87. The molecule has 3 rings (SSSR count). The van der Waals surface area contributed by atoms with Gasteiger partial charge in [-0.3, -0.25) is 0 Å². The van der Waals surface area contributed by atoms with Gasteiger partial charge < -0.3 is 15.6 Å². The Kier molecular flexibility index (Phi) is 1.95. The van der Waals surface area contributed by atoms with Gasteiger partial charge in [0.25, 0.3) is 0 Å². The molecule has 2 aromatic heterocycles. The van der Waals surface area contributed by atoms with E-state index in [-0.39, 0.29) is 5.95 Å². The van der Waals surface area contributed by atoms with E-state index in [9.17, 15) is 0 Å². The van der Waals surface area contributed by atoms with E-state index in [0.717, 1.165) is 24.4 Å². The van der Waals surface area contributed by atoms with Crippen molar-refractivity contribution in [2.24, 2.45) is 5.92 Å². The van der Waals surface area contributed by atoms with E-state index in [4.69, 9.17) is 5.73 Å². The van der Waals surface area contributed by atoms with Crippen molar-refractivity contribution in [3.8, 4) is 0 Å². The largest absolute Gasteiger partial charge is 0.368 e. The zero-order valence-corrected chi connectivity index (χ0v) is 9.14. The lowest BCUT2D eigenvalue weighted by Gasteiger charge is -2.17. The highest BCUT2D eigenvalue weighted by atomic mass is 15.2. The molecule has 16 heavy (non-hydrogen) atoms. The van der Waals surface area contributed by atoms with Crippen LogP contribution in [0.1, 0.15) is 13.3 Å². The molecular weight excluding hydrogens is 204 g/mol. The molecule has 6 nitrogen and oxygen atoms in total. The van der Waals surface area contributed by atoms with Crippen LogP contribution in [-0.4, -0.2) is 33.0 Å². The zero-order chi connectivity index (χ0) is 11.1. The highest BCUT2D eigenvalue weighted by molar-refractivity contribution is 5.84. The van der Waals surface area contributed by atoms with Gasteiger partial charge in [-0.25, -0.2) is 4.98 Å². The topological polar surface area (TPSA) is 83.7 Å². The van der Waals surface area contributed by atoms with Crippen molar-refractivity contribution >= 4 is 22.9 Å². The summed E-state index contributed by atoms with van der Waals surface area (Å²) in [6.45, 7) is 4.28. The van der Waals surface area contributed by atoms with E-state index in [1.807, 2.05) is 0 Å². The number of nitrogens with one attached hydrogen (secondary N) is 1. The van der Waals surface area contributed by atoms with Crippen LogP contribution in [0.15, 0.2) is 6.33 Å². The number of nitrogens with two attached hydrogens (primary N) is 1. The molecule has 0 bridgehead atoms. The second-order valence-corrected chi connectivity index (χ2v) is 4.35. The van der Waals surface area contributed by atoms with Crippen LogP contribution in [0.5, 0.6) is 0 Å². The summed E-state index contributed by atoms with van der Waals surface area (Å²) in [7, 11) is 0. The van der Waals surface area contributed by atoms with Crippen LogP contribution in [0, 0.1) is 5.92 Å². The van der Waals surface area contributed by atoms with Crippen molar-refractivity contribution < 1.29 is 0 Å². The molecule has 1 unspecified atom stereocenters. The lowest BCUT2D eigenvalue weighted by Crippen LogP contribution is -2.21. The number of nitrogens with zero attached hydrogens (tertiary/aromatic N) is 4. The lowest BCUT2D eigenvalue weighted by molar-refractivity contribution is 0.659. The highest BCUT2D eigenvalue weighted by Gasteiger charge is 2.23. The predicted molar refractivity (Wildman–Crippen MR) is 62.1 cm³/mol. The minimum absolute atomic E-state index is 0.286. The highest BCUT2D eigenvalue weighted by Crippen LogP contribution is 2.27. The summed E-state index contributed by atoms with van der Waals surface area (Å²) in [5, 5.41) is 0. The van der Waals surface area contributed by atoms with Crippen molar-refractivity contribution in [3.63, 3.8) is 0 Å². The third kappa shape index (κ3) is 1.37. The first kappa shape index (κ1) is 9.38. The third-order valence-corrected chi connectivity index (χ3v) is 3.01. The molecule has 1 fully saturated rings. The lowest BCUT2D eigenvalue weighted by atomic mass is 10.2. The number of rotatable bonds is 1. The molecule has 0 saturated carbocycles. The number of aromatic amines is 1. The number of nitrogen functional groups attached to an aromatic ring is 1. The fourth-order valence-corrected chi connectivity index (χ4v) is 2.19. The molecule has 0 radical (unpaired) electrons. The Hall–Kier alpha value is -1.85. The summed E-state index contributed by atoms with van der Waals surface area (Å²) in [6.07, 6.45) is 2.82. The van der Waals surface area contributed by atoms with E-state index in [1.54, 1.807) is 6.33 Å². The minimum Gasteiger partial charge on any atom is -0.368 e. The first-order valence-electron chi connectivity index (χ1n) is 5.45. The number of H-pyrrole nitrogens is 1. The molecule has 1 saturated heterocycles. The standard InChI is InChI=1S/C10H14N6/c1-6-2-3-16(4-6)9-7-8(13-5-12-7)14-10(11)15-9/h5-6H,2-4H2,1H3,(H3,11,12,13,14,15). The van der Waals surface area contributed by atoms with E-state index in [0.29, 0.717) is 11.6 Å². The van der Waals surface area contributed by atoms with Gasteiger partial charge in [0.2, 0.25) is 5.95 Å². The van der Waals surface area contributed by atoms with Gasteiger partial charge in [-0.1, -0.05) is 6.92 Å². The molecule has 3 heterocycles. The maximum absolute atomic E-state index is 5.68. The first-order chi connectivity index (χ1) is 7.74. The number of hydrogen-bond acceptors (Lipinski definition) is 5. The van der Waals surface area contributed by atoms with Gasteiger partial charge in [0.15, 0.2) is 11.5 Å². The van der Waals surface area contributed by atoms with Crippen LogP contribution in [0.25, 0.3) is 11.2 Å².